The first-order valence-corrected chi connectivity index (χ1v) is 9.13. The molecule has 3 rings (SSSR count). The van der Waals surface area contributed by atoms with E-state index >= 15 is 0 Å². The number of nitrogens with one attached hydrogen (secondary N) is 2. The number of hydroxylamine groups is 1. The molecule has 0 fully saturated rings. The maximum absolute atomic E-state index is 13.3. The average molecular weight is 448 g/mol. The zero-order chi connectivity index (χ0) is 23.3. The number of alkyl halides is 3. The Labute approximate surface area is 179 Å². The maximum atomic E-state index is 13.3. The van der Waals surface area contributed by atoms with Gasteiger partial charge in [0.05, 0.1) is 11.5 Å². The summed E-state index contributed by atoms with van der Waals surface area (Å²) >= 11 is 0. The van der Waals surface area contributed by atoms with Crippen molar-refractivity contribution in [2.75, 3.05) is 5.32 Å². The van der Waals surface area contributed by atoms with E-state index in [0.29, 0.717) is 17.2 Å². The van der Waals surface area contributed by atoms with E-state index in [-0.39, 0.29) is 5.69 Å². The van der Waals surface area contributed by atoms with Crippen molar-refractivity contribution in [3.63, 3.8) is 0 Å². The van der Waals surface area contributed by atoms with Gasteiger partial charge < -0.3 is 10.1 Å². The third-order valence-electron chi connectivity index (χ3n) is 4.42. The van der Waals surface area contributed by atoms with E-state index < -0.39 is 41.2 Å². The van der Waals surface area contributed by atoms with E-state index in [2.05, 4.69) is 10.1 Å². The smallest absolute Gasteiger partial charge is 0.405 e. The number of amides is 2. The molecule has 166 valence electrons. The van der Waals surface area contributed by atoms with Gasteiger partial charge in [0.15, 0.2) is 0 Å². The largest absolute Gasteiger partial charge is 0.573 e. The molecule has 3 aromatic carbocycles. The quantitative estimate of drug-likeness (QED) is 0.292. The molecule has 0 heterocycles. The summed E-state index contributed by atoms with van der Waals surface area (Å²) < 4.78 is 54.8. The predicted octanol–water partition coefficient (Wildman–Crippen LogP) is 4.61. The Morgan fingerprint density at radius 3 is 2.12 bits per heavy atom. The maximum Gasteiger partial charge on any atom is 0.573 e. The zero-order valence-corrected chi connectivity index (χ0v) is 16.2. The Kier molecular flexibility index (Phi) is 6.74. The number of halogens is 4. The van der Waals surface area contributed by atoms with Crippen LogP contribution in [0, 0.1) is 5.82 Å². The SMILES string of the molecule is O=C(Nc1ccc(C(C(=O)NO)c2ccccc2)cc1)c1ccc(F)cc1OC(F)(F)F. The van der Waals surface area contributed by atoms with Gasteiger partial charge in [0.2, 0.25) is 0 Å². The summed E-state index contributed by atoms with van der Waals surface area (Å²) in [5.41, 5.74) is 2.40. The van der Waals surface area contributed by atoms with Crippen LogP contribution in [0.4, 0.5) is 23.2 Å². The normalized spacial score (nSPS) is 12.0. The summed E-state index contributed by atoms with van der Waals surface area (Å²) in [5, 5.41) is 11.5. The molecule has 0 aliphatic heterocycles. The van der Waals surface area contributed by atoms with Crippen LogP contribution in [0.15, 0.2) is 72.8 Å². The fraction of sp³-hybridized carbons (Fsp3) is 0.0909. The predicted molar refractivity (Wildman–Crippen MR) is 106 cm³/mol. The summed E-state index contributed by atoms with van der Waals surface area (Å²) in [6.07, 6.45) is -5.11. The van der Waals surface area contributed by atoms with Crippen LogP contribution in [0.5, 0.6) is 5.75 Å². The summed E-state index contributed by atoms with van der Waals surface area (Å²) in [6.45, 7) is 0. The average Bonchev–Trinajstić information content (AvgIpc) is 2.74. The molecule has 0 aliphatic rings. The highest BCUT2D eigenvalue weighted by molar-refractivity contribution is 6.06. The lowest BCUT2D eigenvalue weighted by Crippen LogP contribution is -2.27. The van der Waals surface area contributed by atoms with Crippen molar-refractivity contribution in [1.29, 1.82) is 0 Å². The topological polar surface area (TPSA) is 87.7 Å². The number of benzene rings is 3. The summed E-state index contributed by atoms with van der Waals surface area (Å²) in [4.78, 5) is 24.6. The molecule has 3 N–H and O–H groups in total. The van der Waals surface area contributed by atoms with Gasteiger partial charge in [-0.05, 0) is 35.4 Å². The van der Waals surface area contributed by atoms with E-state index in [4.69, 9.17) is 5.21 Å². The first-order valence-electron chi connectivity index (χ1n) is 9.13. The van der Waals surface area contributed by atoms with Crippen LogP contribution >= 0.6 is 0 Å². The van der Waals surface area contributed by atoms with Crippen molar-refractivity contribution in [2.45, 2.75) is 12.3 Å². The lowest BCUT2D eigenvalue weighted by Gasteiger charge is -2.17. The van der Waals surface area contributed by atoms with Gasteiger partial charge in [-0.15, -0.1) is 13.2 Å². The van der Waals surface area contributed by atoms with Crippen molar-refractivity contribution in [2.24, 2.45) is 0 Å². The van der Waals surface area contributed by atoms with Crippen LogP contribution in [0.3, 0.4) is 0 Å². The Morgan fingerprint density at radius 2 is 1.53 bits per heavy atom. The van der Waals surface area contributed by atoms with Gasteiger partial charge in [-0.3, -0.25) is 14.8 Å². The molecule has 0 saturated carbocycles. The number of rotatable bonds is 6. The molecule has 0 aromatic heterocycles. The standard InChI is InChI=1S/C22H16F4N2O4/c23-15-8-11-17(18(12-15)32-22(24,25)26)20(29)27-16-9-6-14(7-10-16)19(21(30)28-31)13-4-2-1-3-5-13/h1-12,19,31H,(H,27,29)(H,28,30). The second-order valence-electron chi connectivity index (χ2n) is 6.58. The van der Waals surface area contributed by atoms with E-state index in [1.54, 1.807) is 35.8 Å². The molecule has 0 bridgehead atoms. The van der Waals surface area contributed by atoms with Crippen LogP contribution in [0.1, 0.15) is 27.4 Å². The third-order valence-corrected chi connectivity index (χ3v) is 4.42. The molecule has 1 unspecified atom stereocenters. The molecular formula is C22H16F4N2O4. The fourth-order valence-corrected chi connectivity index (χ4v) is 3.06. The van der Waals surface area contributed by atoms with Gasteiger partial charge in [0.1, 0.15) is 11.6 Å². The number of hydrogen-bond donors (Lipinski definition) is 3. The second-order valence-corrected chi connectivity index (χ2v) is 6.58. The van der Waals surface area contributed by atoms with E-state index in [9.17, 15) is 27.2 Å². The third kappa shape index (κ3) is 5.61. The first kappa shape index (κ1) is 22.8. The van der Waals surface area contributed by atoms with Crippen molar-refractivity contribution in [3.8, 4) is 5.75 Å². The molecule has 0 spiro atoms. The minimum Gasteiger partial charge on any atom is -0.405 e. The van der Waals surface area contributed by atoms with Gasteiger partial charge in [0.25, 0.3) is 11.8 Å². The Hall–Kier alpha value is -3.92. The monoisotopic (exact) mass is 448 g/mol. The van der Waals surface area contributed by atoms with Crippen molar-refractivity contribution >= 4 is 17.5 Å². The van der Waals surface area contributed by atoms with Crippen molar-refractivity contribution in [1.82, 2.24) is 5.48 Å². The van der Waals surface area contributed by atoms with Gasteiger partial charge in [0, 0.05) is 11.8 Å². The highest BCUT2D eigenvalue weighted by atomic mass is 19.4. The van der Waals surface area contributed by atoms with Crippen LogP contribution < -0.4 is 15.5 Å². The second kappa shape index (κ2) is 9.48. The fourth-order valence-electron chi connectivity index (χ4n) is 3.06. The van der Waals surface area contributed by atoms with Gasteiger partial charge in [-0.25, -0.2) is 9.87 Å². The zero-order valence-electron chi connectivity index (χ0n) is 16.2. The highest BCUT2D eigenvalue weighted by Gasteiger charge is 2.33. The Bertz CT molecular complexity index is 1100. The van der Waals surface area contributed by atoms with E-state index in [1.165, 1.54) is 24.3 Å². The first-order chi connectivity index (χ1) is 15.2. The minimum atomic E-state index is -5.11. The molecule has 1 atom stereocenters. The number of anilines is 1. The van der Waals surface area contributed by atoms with Crippen LogP contribution in [-0.4, -0.2) is 23.4 Å². The molecule has 2 amide bonds. The molecule has 10 heteroatoms. The molecule has 0 aliphatic carbocycles. The molecule has 3 aromatic rings. The Balaban J connectivity index is 1.83. The van der Waals surface area contributed by atoms with Gasteiger partial charge in [-0.1, -0.05) is 42.5 Å². The van der Waals surface area contributed by atoms with Crippen LogP contribution in [-0.2, 0) is 4.79 Å². The number of hydrogen-bond acceptors (Lipinski definition) is 4. The van der Waals surface area contributed by atoms with Gasteiger partial charge >= 0.3 is 6.36 Å². The molecule has 6 nitrogen and oxygen atoms in total. The molecule has 0 saturated heterocycles. The van der Waals surface area contributed by atoms with E-state index in [0.717, 1.165) is 12.1 Å². The van der Waals surface area contributed by atoms with Crippen LogP contribution in [0.2, 0.25) is 0 Å². The summed E-state index contributed by atoms with van der Waals surface area (Å²) in [6, 6.07) is 16.7. The molecular weight excluding hydrogens is 432 g/mol. The van der Waals surface area contributed by atoms with Crippen molar-refractivity contribution < 1.29 is 37.1 Å². The number of carbonyl (C=O) groups is 2. The number of ether oxygens (including phenoxy) is 1. The highest BCUT2D eigenvalue weighted by Crippen LogP contribution is 2.29. The van der Waals surface area contributed by atoms with Crippen molar-refractivity contribution in [3.05, 3.63) is 95.3 Å². The van der Waals surface area contributed by atoms with E-state index in [1.807, 2.05) is 0 Å². The molecule has 0 radical (unpaired) electrons. The summed E-state index contributed by atoms with van der Waals surface area (Å²) in [5.74, 6) is -4.44. The minimum absolute atomic E-state index is 0.206. The molecule has 32 heavy (non-hydrogen) atoms. The Morgan fingerprint density at radius 1 is 0.906 bits per heavy atom. The number of carbonyl (C=O) groups excluding carboxylic acids is 2. The lowest BCUT2D eigenvalue weighted by atomic mass is 9.90. The lowest BCUT2D eigenvalue weighted by molar-refractivity contribution is -0.274. The summed E-state index contributed by atoms with van der Waals surface area (Å²) in [7, 11) is 0. The van der Waals surface area contributed by atoms with Gasteiger partial charge in [-0.2, -0.15) is 0 Å². The van der Waals surface area contributed by atoms with Crippen LogP contribution in [0.25, 0.3) is 0 Å².